The molecule has 2 aromatic carbocycles. The summed E-state index contributed by atoms with van der Waals surface area (Å²) in [7, 11) is -3.68. The molecule has 0 aromatic heterocycles. The third-order valence-electron chi connectivity index (χ3n) is 2.53. The smallest absolute Gasteiger partial charge is 0.238 e. The van der Waals surface area contributed by atoms with Crippen LogP contribution in [0.4, 0.5) is 0 Å². The lowest BCUT2D eigenvalue weighted by molar-refractivity contribution is 0.478. The van der Waals surface area contributed by atoms with Crippen molar-refractivity contribution in [2.45, 2.75) is 11.8 Å². The van der Waals surface area contributed by atoms with Gasteiger partial charge >= 0.3 is 0 Å². The van der Waals surface area contributed by atoms with Crippen molar-refractivity contribution < 1.29 is 13.2 Å². The number of ether oxygens (including phenoxy) is 1. The number of hydrogen-bond donors (Lipinski definition) is 1. The Labute approximate surface area is 116 Å². The molecule has 0 amide bonds. The van der Waals surface area contributed by atoms with Gasteiger partial charge in [0.2, 0.25) is 10.0 Å². The Morgan fingerprint density at radius 1 is 1.11 bits per heavy atom. The van der Waals surface area contributed by atoms with Gasteiger partial charge in [-0.3, -0.25) is 0 Å². The second-order valence-electron chi connectivity index (χ2n) is 4.03. The lowest BCUT2D eigenvalue weighted by atomic mass is 10.2. The van der Waals surface area contributed by atoms with Gasteiger partial charge in [0.15, 0.2) is 0 Å². The molecule has 0 saturated heterocycles. The Balaban J connectivity index is 2.27. The second kappa shape index (κ2) is 5.21. The molecule has 0 fully saturated rings. The summed E-state index contributed by atoms with van der Waals surface area (Å²) in [6.45, 7) is 1.89. The molecule has 0 saturated carbocycles. The highest BCUT2D eigenvalue weighted by molar-refractivity contribution is 7.89. The number of sulfonamides is 1. The van der Waals surface area contributed by atoms with E-state index in [2.05, 4.69) is 0 Å². The van der Waals surface area contributed by atoms with Crippen molar-refractivity contribution in [1.29, 1.82) is 0 Å². The topological polar surface area (TPSA) is 69.4 Å². The Morgan fingerprint density at radius 2 is 1.74 bits per heavy atom. The van der Waals surface area contributed by atoms with Gasteiger partial charge in [-0.15, -0.1) is 0 Å². The van der Waals surface area contributed by atoms with E-state index in [1.54, 1.807) is 24.3 Å². The van der Waals surface area contributed by atoms with Crippen LogP contribution in [0.5, 0.6) is 11.5 Å². The van der Waals surface area contributed by atoms with Crippen LogP contribution in [0.25, 0.3) is 0 Å². The van der Waals surface area contributed by atoms with Crippen LogP contribution >= 0.6 is 11.6 Å². The summed E-state index contributed by atoms with van der Waals surface area (Å²) >= 11 is 5.89. The van der Waals surface area contributed by atoms with Crippen LogP contribution in [0, 0.1) is 6.92 Å². The molecule has 100 valence electrons. The lowest BCUT2D eigenvalue weighted by Gasteiger charge is -2.09. The van der Waals surface area contributed by atoms with Crippen LogP contribution in [0.15, 0.2) is 47.4 Å². The van der Waals surface area contributed by atoms with E-state index < -0.39 is 10.0 Å². The van der Waals surface area contributed by atoms with Crippen LogP contribution < -0.4 is 9.88 Å². The summed E-state index contributed by atoms with van der Waals surface area (Å²) in [4.78, 5) is 0.0441. The molecule has 4 nitrogen and oxygen atoms in total. The van der Waals surface area contributed by atoms with E-state index in [4.69, 9.17) is 21.5 Å². The maximum Gasteiger partial charge on any atom is 0.238 e. The van der Waals surface area contributed by atoms with E-state index >= 15 is 0 Å². The average Bonchev–Trinajstić information content (AvgIpc) is 2.33. The first-order valence-electron chi connectivity index (χ1n) is 5.43. The Morgan fingerprint density at radius 3 is 2.32 bits per heavy atom. The van der Waals surface area contributed by atoms with Gasteiger partial charge in [0.1, 0.15) is 11.5 Å². The fourth-order valence-electron chi connectivity index (χ4n) is 1.51. The first-order chi connectivity index (χ1) is 8.86. The average molecular weight is 298 g/mol. The second-order valence-corrected chi connectivity index (χ2v) is 6.03. The minimum Gasteiger partial charge on any atom is -0.457 e. The van der Waals surface area contributed by atoms with Crippen LogP contribution in [-0.4, -0.2) is 8.42 Å². The molecule has 0 radical (unpaired) electrons. The zero-order valence-electron chi connectivity index (χ0n) is 10.1. The van der Waals surface area contributed by atoms with Crippen molar-refractivity contribution in [2.75, 3.05) is 0 Å². The minimum absolute atomic E-state index is 0.0441. The molecule has 0 aliphatic carbocycles. The summed E-state index contributed by atoms with van der Waals surface area (Å²) in [5.41, 5.74) is 0.930. The van der Waals surface area contributed by atoms with Gasteiger partial charge in [-0.25, -0.2) is 13.6 Å². The predicted octanol–water partition coefficient (Wildman–Crippen LogP) is 3.09. The molecular formula is C13H12ClNO3S. The standard InChI is InChI=1S/C13H12ClNO3S/c1-9-2-3-10(14)8-13(9)18-11-4-6-12(7-5-11)19(15,16)17/h2-8H,1H3,(H2,15,16,17). The van der Waals surface area contributed by atoms with Crippen LogP contribution in [0.3, 0.4) is 0 Å². The van der Waals surface area contributed by atoms with E-state index in [1.165, 1.54) is 12.1 Å². The van der Waals surface area contributed by atoms with Gasteiger partial charge in [0.05, 0.1) is 4.90 Å². The molecule has 0 aliphatic heterocycles. The normalized spacial score (nSPS) is 11.3. The molecule has 0 heterocycles. The number of aryl methyl sites for hydroxylation is 1. The fraction of sp³-hybridized carbons (Fsp3) is 0.0769. The van der Waals surface area contributed by atoms with Crippen molar-refractivity contribution in [3.8, 4) is 11.5 Å². The summed E-state index contributed by atoms with van der Waals surface area (Å²) in [6, 6.07) is 11.2. The Bertz CT molecular complexity index is 696. The molecular weight excluding hydrogens is 286 g/mol. The number of halogens is 1. The van der Waals surface area contributed by atoms with Crippen molar-refractivity contribution in [2.24, 2.45) is 5.14 Å². The zero-order valence-corrected chi connectivity index (χ0v) is 11.7. The minimum atomic E-state index is -3.68. The number of hydrogen-bond acceptors (Lipinski definition) is 3. The fourth-order valence-corrected chi connectivity index (χ4v) is 2.19. The van der Waals surface area contributed by atoms with Crippen molar-refractivity contribution >= 4 is 21.6 Å². The first-order valence-corrected chi connectivity index (χ1v) is 7.35. The highest BCUT2D eigenvalue weighted by Gasteiger charge is 2.08. The zero-order chi connectivity index (χ0) is 14.0. The summed E-state index contributed by atoms with van der Waals surface area (Å²) in [5.74, 6) is 1.13. The van der Waals surface area contributed by atoms with Crippen molar-refractivity contribution in [3.63, 3.8) is 0 Å². The van der Waals surface area contributed by atoms with Gasteiger partial charge in [-0.05, 0) is 48.9 Å². The van der Waals surface area contributed by atoms with Crippen molar-refractivity contribution in [3.05, 3.63) is 53.1 Å². The van der Waals surface area contributed by atoms with E-state index in [0.717, 1.165) is 5.56 Å². The number of rotatable bonds is 3. The van der Waals surface area contributed by atoms with Gasteiger partial charge in [-0.1, -0.05) is 17.7 Å². The monoisotopic (exact) mass is 297 g/mol. The van der Waals surface area contributed by atoms with Crippen LogP contribution in [0.1, 0.15) is 5.56 Å². The SMILES string of the molecule is Cc1ccc(Cl)cc1Oc1ccc(S(N)(=O)=O)cc1. The molecule has 6 heteroatoms. The Kier molecular flexibility index (Phi) is 3.80. The van der Waals surface area contributed by atoms with E-state index in [0.29, 0.717) is 16.5 Å². The van der Waals surface area contributed by atoms with Crippen LogP contribution in [-0.2, 0) is 10.0 Å². The number of nitrogens with two attached hydrogens (primary N) is 1. The first kappa shape index (κ1) is 13.9. The van der Waals surface area contributed by atoms with E-state index in [1.807, 2.05) is 13.0 Å². The van der Waals surface area contributed by atoms with Crippen LogP contribution in [0.2, 0.25) is 5.02 Å². The number of benzene rings is 2. The third-order valence-corrected chi connectivity index (χ3v) is 3.69. The Hall–Kier alpha value is -1.56. The largest absolute Gasteiger partial charge is 0.457 e. The predicted molar refractivity (Wildman–Crippen MR) is 74.1 cm³/mol. The maximum atomic E-state index is 11.1. The molecule has 19 heavy (non-hydrogen) atoms. The van der Waals surface area contributed by atoms with E-state index in [9.17, 15) is 8.42 Å². The van der Waals surface area contributed by atoms with E-state index in [-0.39, 0.29) is 4.90 Å². The molecule has 2 aromatic rings. The molecule has 0 aliphatic rings. The summed E-state index contributed by atoms with van der Waals surface area (Å²) < 4.78 is 27.9. The molecule has 0 atom stereocenters. The quantitative estimate of drug-likeness (QED) is 0.946. The lowest BCUT2D eigenvalue weighted by Crippen LogP contribution is -2.11. The molecule has 0 spiro atoms. The van der Waals surface area contributed by atoms with Gasteiger partial charge in [0.25, 0.3) is 0 Å². The molecule has 2 N–H and O–H groups in total. The number of primary sulfonamides is 1. The molecule has 0 unspecified atom stereocenters. The maximum absolute atomic E-state index is 11.1. The van der Waals surface area contributed by atoms with Crippen molar-refractivity contribution in [1.82, 2.24) is 0 Å². The summed E-state index contributed by atoms with van der Waals surface area (Å²) in [6.07, 6.45) is 0. The third kappa shape index (κ3) is 3.47. The van der Waals surface area contributed by atoms with Gasteiger partial charge in [-0.2, -0.15) is 0 Å². The molecule has 0 bridgehead atoms. The van der Waals surface area contributed by atoms with Gasteiger partial charge in [0, 0.05) is 5.02 Å². The highest BCUT2D eigenvalue weighted by Crippen LogP contribution is 2.28. The highest BCUT2D eigenvalue weighted by atomic mass is 35.5. The summed E-state index contributed by atoms with van der Waals surface area (Å²) in [5, 5.41) is 5.59. The van der Waals surface area contributed by atoms with Gasteiger partial charge < -0.3 is 4.74 Å². The molecule has 2 rings (SSSR count).